The molecule has 0 fully saturated rings. The fourth-order valence-electron chi connectivity index (χ4n) is 1.17. The third kappa shape index (κ3) is 1.66. The molecule has 0 saturated heterocycles. The number of aliphatic hydroxyl groups is 1. The summed E-state index contributed by atoms with van der Waals surface area (Å²) in [6.07, 6.45) is 2.31. The van der Waals surface area contributed by atoms with Gasteiger partial charge in [-0.15, -0.1) is 0 Å². The maximum absolute atomic E-state index is 9.14. The minimum Gasteiger partial charge on any atom is -0.461 e. The van der Waals surface area contributed by atoms with E-state index in [1.165, 1.54) is 6.08 Å². The average Bonchev–Trinajstić information content (AvgIpc) is 2.02. The SMILES string of the molecule is OC1C=Cc2c(Cl)cc(Cl)cc2O1. The minimum absolute atomic E-state index is 0.492. The van der Waals surface area contributed by atoms with Gasteiger partial charge in [-0.2, -0.15) is 0 Å². The zero-order chi connectivity index (χ0) is 9.42. The Balaban J connectivity index is 2.56. The molecule has 1 N–H and O–H groups in total. The highest BCUT2D eigenvalue weighted by atomic mass is 35.5. The van der Waals surface area contributed by atoms with Crippen LogP contribution in [0.5, 0.6) is 5.75 Å². The van der Waals surface area contributed by atoms with Crippen LogP contribution in [-0.2, 0) is 0 Å². The van der Waals surface area contributed by atoms with E-state index in [0.717, 1.165) is 5.56 Å². The molecule has 1 unspecified atom stereocenters. The third-order valence-corrected chi connectivity index (χ3v) is 2.26. The Morgan fingerprint density at radius 3 is 2.85 bits per heavy atom. The molecule has 1 heterocycles. The number of rotatable bonds is 0. The summed E-state index contributed by atoms with van der Waals surface area (Å²) in [5, 5.41) is 10.2. The Morgan fingerprint density at radius 1 is 1.31 bits per heavy atom. The molecule has 4 heteroatoms. The van der Waals surface area contributed by atoms with Crippen LogP contribution in [0.3, 0.4) is 0 Å². The molecule has 0 saturated carbocycles. The lowest BCUT2D eigenvalue weighted by Gasteiger charge is -2.17. The third-order valence-electron chi connectivity index (χ3n) is 1.73. The van der Waals surface area contributed by atoms with Crippen LogP contribution < -0.4 is 4.74 Å². The molecule has 0 bridgehead atoms. The van der Waals surface area contributed by atoms with E-state index in [0.29, 0.717) is 15.8 Å². The molecule has 1 aliphatic rings. The Labute approximate surface area is 85.3 Å². The molecule has 2 nitrogen and oxygen atoms in total. The quantitative estimate of drug-likeness (QED) is 0.723. The summed E-state index contributed by atoms with van der Waals surface area (Å²) in [5.41, 5.74) is 0.747. The van der Waals surface area contributed by atoms with Crippen LogP contribution in [0.15, 0.2) is 18.2 Å². The molecular formula is C9H6Cl2O2. The van der Waals surface area contributed by atoms with Gasteiger partial charge in [-0.25, -0.2) is 0 Å². The van der Waals surface area contributed by atoms with E-state index in [2.05, 4.69) is 0 Å². The molecule has 0 radical (unpaired) electrons. The van der Waals surface area contributed by atoms with Crippen molar-refractivity contribution in [3.63, 3.8) is 0 Å². The monoisotopic (exact) mass is 216 g/mol. The average molecular weight is 217 g/mol. The lowest BCUT2D eigenvalue weighted by atomic mass is 10.1. The number of hydrogen-bond acceptors (Lipinski definition) is 2. The summed E-state index contributed by atoms with van der Waals surface area (Å²) in [6, 6.07) is 3.25. The lowest BCUT2D eigenvalue weighted by molar-refractivity contribution is 0.0231. The van der Waals surface area contributed by atoms with Gasteiger partial charge in [0.25, 0.3) is 0 Å². The van der Waals surface area contributed by atoms with Gasteiger partial charge in [0, 0.05) is 10.6 Å². The highest BCUT2D eigenvalue weighted by Crippen LogP contribution is 2.34. The van der Waals surface area contributed by atoms with Crippen molar-refractivity contribution in [3.8, 4) is 5.75 Å². The first-order valence-corrected chi connectivity index (χ1v) is 4.44. The summed E-state index contributed by atoms with van der Waals surface area (Å²) in [5.74, 6) is 0.507. The highest BCUT2D eigenvalue weighted by molar-refractivity contribution is 6.35. The maximum Gasteiger partial charge on any atom is 0.217 e. The van der Waals surface area contributed by atoms with Crippen LogP contribution in [0.1, 0.15) is 5.56 Å². The maximum atomic E-state index is 9.14. The summed E-state index contributed by atoms with van der Waals surface area (Å²) >= 11 is 11.7. The van der Waals surface area contributed by atoms with Crippen molar-refractivity contribution in [2.24, 2.45) is 0 Å². The van der Waals surface area contributed by atoms with Crippen LogP contribution in [-0.4, -0.2) is 11.4 Å². The van der Waals surface area contributed by atoms with Gasteiger partial charge in [0.1, 0.15) is 5.75 Å². The number of halogens is 2. The normalized spacial score (nSPS) is 19.5. The van der Waals surface area contributed by atoms with Crippen LogP contribution in [0.4, 0.5) is 0 Å². The topological polar surface area (TPSA) is 29.5 Å². The minimum atomic E-state index is -0.915. The fourth-order valence-corrected chi connectivity index (χ4v) is 1.71. The first-order chi connectivity index (χ1) is 6.16. The Bertz CT molecular complexity index is 374. The summed E-state index contributed by atoms with van der Waals surface area (Å²) in [6.45, 7) is 0. The van der Waals surface area contributed by atoms with Gasteiger partial charge >= 0.3 is 0 Å². The van der Waals surface area contributed by atoms with Gasteiger partial charge in [0.2, 0.25) is 6.29 Å². The molecule has 1 aromatic carbocycles. The number of aliphatic hydroxyl groups excluding tert-OH is 1. The first-order valence-electron chi connectivity index (χ1n) is 3.69. The molecule has 0 amide bonds. The second kappa shape index (κ2) is 3.22. The Kier molecular flexibility index (Phi) is 2.20. The largest absolute Gasteiger partial charge is 0.461 e. The van der Waals surface area contributed by atoms with E-state index < -0.39 is 6.29 Å². The molecule has 68 valence electrons. The number of hydrogen-bond donors (Lipinski definition) is 1. The van der Waals surface area contributed by atoms with Crippen molar-refractivity contribution >= 4 is 29.3 Å². The van der Waals surface area contributed by atoms with E-state index in [1.54, 1.807) is 18.2 Å². The predicted octanol–water partition coefficient (Wildman–Crippen LogP) is 2.72. The van der Waals surface area contributed by atoms with Gasteiger partial charge in [-0.3, -0.25) is 0 Å². The van der Waals surface area contributed by atoms with E-state index in [1.807, 2.05) is 0 Å². The molecule has 1 aliphatic heterocycles. The Hall–Kier alpha value is -0.700. The van der Waals surface area contributed by atoms with Crippen LogP contribution >= 0.6 is 23.2 Å². The summed E-state index contributed by atoms with van der Waals surface area (Å²) in [4.78, 5) is 0. The number of ether oxygens (including phenoxy) is 1. The molecule has 0 spiro atoms. The second-order valence-electron chi connectivity index (χ2n) is 2.67. The van der Waals surface area contributed by atoms with Crippen LogP contribution in [0.25, 0.3) is 6.08 Å². The van der Waals surface area contributed by atoms with Gasteiger partial charge in [0.15, 0.2) is 0 Å². The zero-order valence-corrected chi connectivity index (χ0v) is 8.01. The van der Waals surface area contributed by atoms with Crippen molar-refractivity contribution in [3.05, 3.63) is 33.8 Å². The standard InChI is InChI=1S/C9H6Cl2O2/c10-5-3-7(11)6-1-2-9(12)13-8(6)4-5/h1-4,9,12H. The van der Waals surface area contributed by atoms with Crippen LogP contribution in [0.2, 0.25) is 10.0 Å². The smallest absolute Gasteiger partial charge is 0.217 e. The van der Waals surface area contributed by atoms with Crippen LogP contribution in [0, 0.1) is 0 Å². The zero-order valence-electron chi connectivity index (χ0n) is 6.50. The van der Waals surface area contributed by atoms with E-state index >= 15 is 0 Å². The number of benzene rings is 1. The van der Waals surface area contributed by atoms with Gasteiger partial charge in [0.05, 0.1) is 5.02 Å². The number of fused-ring (bicyclic) bond motifs is 1. The molecule has 13 heavy (non-hydrogen) atoms. The summed E-state index contributed by atoms with van der Waals surface area (Å²) < 4.78 is 5.09. The summed E-state index contributed by atoms with van der Waals surface area (Å²) in [7, 11) is 0. The van der Waals surface area contributed by atoms with E-state index in [-0.39, 0.29) is 0 Å². The lowest BCUT2D eigenvalue weighted by Crippen LogP contribution is -2.15. The van der Waals surface area contributed by atoms with E-state index in [9.17, 15) is 0 Å². The van der Waals surface area contributed by atoms with Crippen molar-refractivity contribution < 1.29 is 9.84 Å². The van der Waals surface area contributed by atoms with Crippen molar-refractivity contribution in [2.75, 3.05) is 0 Å². The fraction of sp³-hybridized carbons (Fsp3) is 0.111. The first kappa shape index (κ1) is 8.88. The molecule has 0 aromatic heterocycles. The molecule has 2 rings (SSSR count). The molecular weight excluding hydrogens is 211 g/mol. The Morgan fingerprint density at radius 2 is 2.08 bits per heavy atom. The predicted molar refractivity (Wildman–Crippen MR) is 52.1 cm³/mol. The molecule has 1 aromatic rings. The van der Waals surface area contributed by atoms with Crippen molar-refractivity contribution in [1.29, 1.82) is 0 Å². The van der Waals surface area contributed by atoms with Gasteiger partial charge in [-0.1, -0.05) is 23.2 Å². The van der Waals surface area contributed by atoms with E-state index in [4.69, 9.17) is 33.0 Å². The van der Waals surface area contributed by atoms with Crippen molar-refractivity contribution in [2.45, 2.75) is 6.29 Å². The molecule has 0 aliphatic carbocycles. The van der Waals surface area contributed by atoms with Crippen molar-refractivity contribution in [1.82, 2.24) is 0 Å². The van der Waals surface area contributed by atoms with Gasteiger partial charge < -0.3 is 9.84 Å². The second-order valence-corrected chi connectivity index (χ2v) is 3.51. The highest BCUT2D eigenvalue weighted by Gasteiger charge is 2.15. The molecule has 1 atom stereocenters. The van der Waals surface area contributed by atoms with Gasteiger partial charge in [-0.05, 0) is 24.3 Å².